The molecule has 0 fully saturated rings. The summed E-state index contributed by atoms with van der Waals surface area (Å²) < 4.78 is 5.10. The van der Waals surface area contributed by atoms with Gasteiger partial charge >= 0.3 is 0 Å². The second-order valence-corrected chi connectivity index (χ2v) is 3.05. The van der Waals surface area contributed by atoms with Crippen molar-refractivity contribution >= 4 is 16.9 Å². The lowest BCUT2D eigenvalue weighted by atomic mass is 10.2. The number of anilines is 1. The summed E-state index contributed by atoms with van der Waals surface area (Å²) in [5, 5.41) is 1.00. The molecule has 0 atom stereocenters. The summed E-state index contributed by atoms with van der Waals surface area (Å²) in [6.07, 6.45) is 0. The average molecular weight is 189 g/mol. The number of hydrogen-bond donors (Lipinski definition) is 1. The Bertz CT molecular complexity index is 482. The first kappa shape index (κ1) is 8.74. The van der Waals surface area contributed by atoms with Crippen molar-refractivity contribution in [2.75, 3.05) is 12.8 Å². The molecule has 2 rings (SSSR count). The fourth-order valence-electron chi connectivity index (χ4n) is 1.42. The van der Waals surface area contributed by atoms with E-state index in [-0.39, 0.29) is 0 Å². The normalized spacial score (nSPS) is 10.4. The fourth-order valence-corrected chi connectivity index (χ4v) is 1.42. The molecule has 0 unspecified atom stereocenters. The van der Waals surface area contributed by atoms with Crippen molar-refractivity contribution in [1.29, 1.82) is 0 Å². The largest absolute Gasteiger partial charge is 0.497 e. The molecule has 14 heavy (non-hydrogen) atoms. The van der Waals surface area contributed by atoms with Gasteiger partial charge in [-0.25, -0.2) is 9.97 Å². The topological polar surface area (TPSA) is 61.0 Å². The minimum absolute atomic E-state index is 0.295. The molecule has 1 aromatic heterocycles. The summed E-state index contributed by atoms with van der Waals surface area (Å²) in [6.45, 7) is 1.91. The van der Waals surface area contributed by atoms with Crippen molar-refractivity contribution in [3.05, 3.63) is 23.9 Å². The lowest BCUT2D eigenvalue weighted by molar-refractivity contribution is 0.415. The van der Waals surface area contributed by atoms with E-state index in [1.54, 1.807) is 7.11 Å². The van der Waals surface area contributed by atoms with Gasteiger partial charge in [-0.05, 0) is 19.1 Å². The van der Waals surface area contributed by atoms with Crippen molar-refractivity contribution < 1.29 is 4.74 Å². The Morgan fingerprint density at radius 2 is 2.07 bits per heavy atom. The van der Waals surface area contributed by atoms with Gasteiger partial charge in [-0.3, -0.25) is 0 Å². The highest BCUT2D eigenvalue weighted by Gasteiger charge is 2.02. The van der Waals surface area contributed by atoms with Gasteiger partial charge < -0.3 is 10.5 Å². The molecule has 1 heterocycles. The maximum absolute atomic E-state index is 5.55. The van der Waals surface area contributed by atoms with E-state index in [0.29, 0.717) is 5.95 Å². The van der Waals surface area contributed by atoms with Crippen molar-refractivity contribution in [3.63, 3.8) is 0 Å². The van der Waals surface area contributed by atoms with E-state index in [2.05, 4.69) is 9.97 Å². The molecule has 0 aliphatic rings. The molecule has 4 heteroatoms. The smallest absolute Gasteiger partial charge is 0.220 e. The van der Waals surface area contributed by atoms with Gasteiger partial charge in [-0.2, -0.15) is 0 Å². The highest BCUT2D eigenvalue weighted by atomic mass is 16.5. The van der Waals surface area contributed by atoms with E-state index in [0.717, 1.165) is 22.3 Å². The Hall–Kier alpha value is -1.84. The third-order valence-electron chi connectivity index (χ3n) is 2.11. The SMILES string of the molecule is COc1ccc2c(C)nc(N)nc2c1. The minimum atomic E-state index is 0.295. The lowest BCUT2D eigenvalue weighted by Gasteiger charge is -2.04. The molecule has 0 amide bonds. The van der Waals surface area contributed by atoms with Crippen LogP contribution in [0.1, 0.15) is 5.69 Å². The van der Waals surface area contributed by atoms with Gasteiger partial charge in [0.15, 0.2) is 0 Å². The van der Waals surface area contributed by atoms with Crippen molar-refractivity contribution in [2.24, 2.45) is 0 Å². The standard InChI is InChI=1S/C10H11N3O/c1-6-8-4-3-7(14-2)5-9(8)13-10(11)12-6/h3-5H,1-2H3,(H2,11,12,13). The molecule has 0 saturated heterocycles. The number of nitrogen functional groups attached to an aromatic ring is 1. The number of hydrogen-bond acceptors (Lipinski definition) is 4. The Morgan fingerprint density at radius 1 is 1.29 bits per heavy atom. The van der Waals surface area contributed by atoms with Crippen LogP contribution in [0.3, 0.4) is 0 Å². The number of aromatic nitrogens is 2. The summed E-state index contributed by atoms with van der Waals surface area (Å²) in [6, 6.07) is 5.66. The number of nitrogens with two attached hydrogens (primary N) is 1. The maximum atomic E-state index is 5.55. The average Bonchev–Trinajstić information content (AvgIpc) is 2.16. The van der Waals surface area contributed by atoms with Gasteiger partial charge in [0, 0.05) is 11.5 Å². The molecule has 2 aromatic rings. The van der Waals surface area contributed by atoms with Crippen LogP contribution in [0.15, 0.2) is 18.2 Å². The van der Waals surface area contributed by atoms with Crippen molar-refractivity contribution in [2.45, 2.75) is 6.92 Å². The van der Waals surface area contributed by atoms with Crippen LogP contribution in [0.5, 0.6) is 5.75 Å². The van der Waals surface area contributed by atoms with Gasteiger partial charge in [-0.1, -0.05) is 0 Å². The number of benzene rings is 1. The molecule has 0 saturated carbocycles. The minimum Gasteiger partial charge on any atom is -0.497 e. The maximum Gasteiger partial charge on any atom is 0.220 e. The molecule has 1 aromatic carbocycles. The second-order valence-electron chi connectivity index (χ2n) is 3.05. The number of methoxy groups -OCH3 is 1. The summed E-state index contributed by atoms with van der Waals surface area (Å²) in [4.78, 5) is 8.21. The van der Waals surface area contributed by atoms with E-state index in [9.17, 15) is 0 Å². The van der Waals surface area contributed by atoms with Gasteiger partial charge in [0.1, 0.15) is 5.75 Å². The zero-order valence-corrected chi connectivity index (χ0v) is 8.11. The molecule has 72 valence electrons. The Kier molecular flexibility index (Phi) is 1.96. The first-order valence-electron chi connectivity index (χ1n) is 4.28. The summed E-state index contributed by atoms with van der Waals surface area (Å²) in [7, 11) is 1.62. The second kappa shape index (κ2) is 3.14. The quantitative estimate of drug-likeness (QED) is 0.739. The Balaban J connectivity index is 2.75. The predicted octanol–water partition coefficient (Wildman–Crippen LogP) is 1.53. The van der Waals surface area contributed by atoms with E-state index in [4.69, 9.17) is 10.5 Å². The van der Waals surface area contributed by atoms with Crippen LogP contribution in [-0.4, -0.2) is 17.1 Å². The fraction of sp³-hybridized carbons (Fsp3) is 0.200. The molecule has 4 nitrogen and oxygen atoms in total. The molecular weight excluding hydrogens is 178 g/mol. The van der Waals surface area contributed by atoms with E-state index in [1.807, 2.05) is 25.1 Å². The first-order chi connectivity index (χ1) is 6.70. The van der Waals surface area contributed by atoms with Crippen LogP contribution in [0, 0.1) is 6.92 Å². The van der Waals surface area contributed by atoms with Gasteiger partial charge in [0.05, 0.1) is 18.3 Å². The third-order valence-corrected chi connectivity index (χ3v) is 2.11. The predicted molar refractivity (Wildman–Crippen MR) is 55.2 cm³/mol. The monoisotopic (exact) mass is 189 g/mol. The van der Waals surface area contributed by atoms with Crippen molar-refractivity contribution in [3.8, 4) is 5.75 Å². The van der Waals surface area contributed by atoms with E-state index < -0.39 is 0 Å². The van der Waals surface area contributed by atoms with Gasteiger partial charge in [-0.15, -0.1) is 0 Å². The Morgan fingerprint density at radius 3 is 2.79 bits per heavy atom. The van der Waals surface area contributed by atoms with Gasteiger partial charge in [0.25, 0.3) is 0 Å². The molecule has 0 bridgehead atoms. The van der Waals surface area contributed by atoms with Crippen LogP contribution >= 0.6 is 0 Å². The van der Waals surface area contributed by atoms with E-state index in [1.165, 1.54) is 0 Å². The van der Waals surface area contributed by atoms with Crippen LogP contribution in [0.2, 0.25) is 0 Å². The van der Waals surface area contributed by atoms with Crippen LogP contribution in [-0.2, 0) is 0 Å². The summed E-state index contributed by atoms with van der Waals surface area (Å²) in [5.41, 5.74) is 7.25. The van der Waals surface area contributed by atoms with Crippen LogP contribution in [0.25, 0.3) is 10.9 Å². The number of fused-ring (bicyclic) bond motifs is 1. The highest BCUT2D eigenvalue weighted by molar-refractivity contribution is 5.82. The van der Waals surface area contributed by atoms with Crippen LogP contribution in [0.4, 0.5) is 5.95 Å². The first-order valence-corrected chi connectivity index (χ1v) is 4.28. The number of rotatable bonds is 1. The lowest BCUT2D eigenvalue weighted by Crippen LogP contribution is -1.97. The molecule has 0 radical (unpaired) electrons. The number of ether oxygens (including phenoxy) is 1. The molecule has 2 N–H and O–H groups in total. The molecular formula is C10H11N3O. The highest BCUT2D eigenvalue weighted by Crippen LogP contribution is 2.21. The summed E-state index contributed by atoms with van der Waals surface area (Å²) in [5.74, 6) is 1.07. The molecule has 0 aliphatic carbocycles. The molecule has 0 spiro atoms. The van der Waals surface area contributed by atoms with Gasteiger partial charge in [0.2, 0.25) is 5.95 Å². The Labute approximate surface area is 81.7 Å². The third kappa shape index (κ3) is 1.35. The number of nitrogens with zero attached hydrogens (tertiary/aromatic N) is 2. The zero-order valence-electron chi connectivity index (χ0n) is 8.11. The number of aryl methyl sites for hydroxylation is 1. The van der Waals surface area contributed by atoms with Crippen LogP contribution < -0.4 is 10.5 Å². The van der Waals surface area contributed by atoms with E-state index >= 15 is 0 Å². The summed E-state index contributed by atoms with van der Waals surface area (Å²) >= 11 is 0. The van der Waals surface area contributed by atoms with Crippen molar-refractivity contribution in [1.82, 2.24) is 9.97 Å². The molecule has 0 aliphatic heterocycles. The zero-order chi connectivity index (χ0) is 10.1.